The molecule has 0 aromatic carbocycles. The number of carbonyl (C=O) groups excluding carboxylic acids is 1. The summed E-state index contributed by atoms with van der Waals surface area (Å²) in [6, 6.07) is 0. The molecule has 0 saturated heterocycles. The molecular formula is C14H24O4. The fourth-order valence-electron chi connectivity index (χ4n) is 2.39. The lowest BCUT2D eigenvalue weighted by molar-refractivity contribution is -0.178. The Labute approximate surface area is 109 Å². The fraction of sp³-hybridized carbons (Fsp3) is 0.857. The monoisotopic (exact) mass is 256 g/mol. The van der Waals surface area contributed by atoms with E-state index in [1.54, 1.807) is 20.8 Å². The Morgan fingerprint density at radius 3 is 1.83 bits per heavy atom. The van der Waals surface area contributed by atoms with Gasteiger partial charge in [-0.25, -0.2) is 0 Å². The van der Waals surface area contributed by atoms with Crippen molar-refractivity contribution in [2.45, 2.75) is 71.3 Å². The van der Waals surface area contributed by atoms with Gasteiger partial charge in [0.15, 0.2) is 5.41 Å². The van der Waals surface area contributed by atoms with Gasteiger partial charge in [-0.1, -0.05) is 32.1 Å². The zero-order chi connectivity index (χ0) is 13.8. The van der Waals surface area contributed by atoms with Gasteiger partial charge in [0, 0.05) is 0 Å². The lowest BCUT2D eigenvalue weighted by atomic mass is 9.76. The quantitative estimate of drug-likeness (QED) is 0.609. The van der Waals surface area contributed by atoms with E-state index in [0.29, 0.717) is 12.8 Å². The first kappa shape index (κ1) is 15.0. The third kappa shape index (κ3) is 3.72. The molecule has 1 fully saturated rings. The zero-order valence-corrected chi connectivity index (χ0v) is 11.6. The van der Waals surface area contributed by atoms with Gasteiger partial charge < -0.3 is 9.84 Å². The van der Waals surface area contributed by atoms with Gasteiger partial charge in [-0.3, -0.25) is 9.59 Å². The molecule has 1 aliphatic rings. The van der Waals surface area contributed by atoms with E-state index in [1.165, 1.54) is 0 Å². The third-order valence-electron chi connectivity index (χ3n) is 3.41. The van der Waals surface area contributed by atoms with Crippen LogP contribution >= 0.6 is 0 Å². The number of ether oxygens (including phenoxy) is 1. The SMILES string of the molecule is CC(C)(C)OC(=O)C1(C(=O)O)CCCCCCC1. The van der Waals surface area contributed by atoms with Gasteiger partial charge in [-0.05, 0) is 33.6 Å². The molecule has 0 spiro atoms. The minimum Gasteiger partial charge on any atom is -0.480 e. The normalized spacial score (nSPS) is 20.6. The van der Waals surface area contributed by atoms with Gasteiger partial charge >= 0.3 is 11.9 Å². The molecule has 0 radical (unpaired) electrons. The second-order valence-electron chi connectivity index (χ2n) is 6.16. The molecular weight excluding hydrogens is 232 g/mol. The number of carbonyl (C=O) groups is 2. The summed E-state index contributed by atoms with van der Waals surface area (Å²) in [5.41, 5.74) is -1.96. The summed E-state index contributed by atoms with van der Waals surface area (Å²) in [6.07, 6.45) is 5.49. The largest absolute Gasteiger partial charge is 0.480 e. The summed E-state index contributed by atoms with van der Waals surface area (Å²) in [4.78, 5) is 23.8. The average molecular weight is 256 g/mol. The Morgan fingerprint density at radius 2 is 1.44 bits per heavy atom. The molecule has 1 saturated carbocycles. The number of aliphatic carboxylic acids is 1. The van der Waals surface area contributed by atoms with E-state index in [-0.39, 0.29) is 0 Å². The Hall–Kier alpha value is -1.06. The summed E-state index contributed by atoms with van der Waals surface area (Å²) in [6.45, 7) is 5.30. The highest BCUT2D eigenvalue weighted by molar-refractivity contribution is 5.99. The highest BCUT2D eigenvalue weighted by atomic mass is 16.6. The molecule has 0 unspecified atom stereocenters. The van der Waals surface area contributed by atoms with Crippen LogP contribution in [-0.4, -0.2) is 22.6 Å². The minimum atomic E-state index is -1.33. The molecule has 0 bridgehead atoms. The summed E-state index contributed by atoms with van der Waals surface area (Å²) in [5.74, 6) is -1.59. The minimum absolute atomic E-state index is 0.400. The first-order valence-electron chi connectivity index (χ1n) is 6.75. The van der Waals surface area contributed by atoms with Crippen LogP contribution in [0.1, 0.15) is 65.7 Å². The van der Waals surface area contributed by atoms with Crippen LogP contribution in [0, 0.1) is 5.41 Å². The molecule has 4 heteroatoms. The smallest absolute Gasteiger partial charge is 0.323 e. The van der Waals surface area contributed by atoms with Gasteiger partial charge in [0.05, 0.1) is 0 Å². The van der Waals surface area contributed by atoms with Crippen LogP contribution in [0.4, 0.5) is 0 Å². The van der Waals surface area contributed by atoms with E-state index >= 15 is 0 Å². The number of esters is 1. The highest BCUT2D eigenvalue weighted by Gasteiger charge is 2.48. The van der Waals surface area contributed by atoms with Gasteiger partial charge in [0.2, 0.25) is 0 Å². The molecule has 1 rings (SSSR count). The summed E-state index contributed by atoms with van der Waals surface area (Å²) >= 11 is 0. The predicted molar refractivity (Wildman–Crippen MR) is 68.2 cm³/mol. The van der Waals surface area contributed by atoms with E-state index in [2.05, 4.69) is 0 Å². The van der Waals surface area contributed by atoms with Crippen molar-refractivity contribution in [2.75, 3.05) is 0 Å². The fourth-order valence-corrected chi connectivity index (χ4v) is 2.39. The first-order chi connectivity index (χ1) is 8.28. The van der Waals surface area contributed by atoms with Crippen molar-refractivity contribution in [1.29, 1.82) is 0 Å². The van der Waals surface area contributed by atoms with Crippen LogP contribution in [0.2, 0.25) is 0 Å². The molecule has 0 aromatic rings. The maximum Gasteiger partial charge on any atom is 0.323 e. The van der Waals surface area contributed by atoms with E-state index in [1.807, 2.05) is 0 Å². The maximum absolute atomic E-state index is 12.2. The number of hydrogen-bond acceptors (Lipinski definition) is 3. The molecule has 104 valence electrons. The Balaban J connectivity index is 2.90. The molecule has 0 heterocycles. The Morgan fingerprint density at radius 1 is 1.00 bits per heavy atom. The van der Waals surface area contributed by atoms with E-state index in [9.17, 15) is 14.7 Å². The molecule has 1 aliphatic carbocycles. The van der Waals surface area contributed by atoms with Crippen molar-refractivity contribution in [3.05, 3.63) is 0 Å². The van der Waals surface area contributed by atoms with Gasteiger partial charge in [-0.2, -0.15) is 0 Å². The topological polar surface area (TPSA) is 63.6 Å². The summed E-state index contributed by atoms with van der Waals surface area (Å²) < 4.78 is 5.32. The number of carboxylic acid groups (broad SMARTS) is 1. The van der Waals surface area contributed by atoms with E-state index < -0.39 is 23.0 Å². The molecule has 0 aliphatic heterocycles. The van der Waals surface area contributed by atoms with Gasteiger partial charge in [-0.15, -0.1) is 0 Å². The summed E-state index contributed by atoms with van der Waals surface area (Å²) in [5, 5.41) is 9.47. The molecule has 1 N–H and O–H groups in total. The highest BCUT2D eigenvalue weighted by Crippen LogP contribution is 2.37. The van der Waals surface area contributed by atoms with Gasteiger partial charge in [0.1, 0.15) is 5.60 Å². The van der Waals surface area contributed by atoms with Crippen LogP contribution in [0.3, 0.4) is 0 Å². The summed E-state index contributed by atoms with van der Waals surface area (Å²) in [7, 11) is 0. The standard InChI is InChI=1S/C14H24O4/c1-13(2,3)18-12(17)14(11(15)16)9-7-5-4-6-8-10-14/h4-10H2,1-3H3,(H,15,16). The number of hydrogen-bond donors (Lipinski definition) is 1. The Kier molecular flexibility index (Phi) is 4.77. The lowest BCUT2D eigenvalue weighted by Gasteiger charge is -2.32. The van der Waals surface area contributed by atoms with Crippen molar-refractivity contribution in [3.63, 3.8) is 0 Å². The van der Waals surface area contributed by atoms with Crippen molar-refractivity contribution >= 4 is 11.9 Å². The second kappa shape index (κ2) is 5.72. The lowest BCUT2D eigenvalue weighted by Crippen LogP contribution is -2.44. The van der Waals surface area contributed by atoms with Crippen molar-refractivity contribution in [2.24, 2.45) is 5.41 Å². The average Bonchev–Trinajstić information content (AvgIpc) is 2.13. The number of carboxylic acids is 1. The van der Waals surface area contributed by atoms with Crippen LogP contribution in [0.15, 0.2) is 0 Å². The molecule has 0 aromatic heterocycles. The molecule has 4 nitrogen and oxygen atoms in total. The molecule has 0 amide bonds. The van der Waals surface area contributed by atoms with E-state index in [0.717, 1.165) is 32.1 Å². The van der Waals surface area contributed by atoms with Crippen molar-refractivity contribution in [1.82, 2.24) is 0 Å². The van der Waals surface area contributed by atoms with Crippen molar-refractivity contribution < 1.29 is 19.4 Å². The van der Waals surface area contributed by atoms with Crippen LogP contribution < -0.4 is 0 Å². The maximum atomic E-state index is 12.2. The Bertz CT molecular complexity index is 306. The van der Waals surface area contributed by atoms with Crippen LogP contribution in [0.25, 0.3) is 0 Å². The third-order valence-corrected chi connectivity index (χ3v) is 3.41. The molecule has 0 atom stereocenters. The first-order valence-corrected chi connectivity index (χ1v) is 6.75. The van der Waals surface area contributed by atoms with Gasteiger partial charge in [0.25, 0.3) is 0 Å². The number of rotatable bonds is 2. The van der Waals surface area contributed by atoms with Crippen LogP contribution in [0.5, 0.6) is 0 Å². The second-order valence-corrected chi connectivity index (χ2v) is 6.16. The van der Waals surface area contributed by atoms with Crippen LogP contribution in [-0.2, 0) is 14.3 Å². The predicted octanol–water partition coefficient (Wildman–Crippen LogP) is 3.14. The van der Waals surface area contributed by atoms with E-state index in [4.69, 9.17) is 4.74 Å². The molecule has 18 heavy (non-hydrogen) atoms. The zero-order valence-electron chi connectivity index (χ0n) is 11.6. The van der Waals surface area contributed by atoms with Crippen molar-refractivity contribution in [3.8, 4) is 0 Å².